The predicted octanol–water partition coefficient (Wildman–Crippen LogP) is 2.13. The molecule has 6 heteroatoms. The van der Waals surface area contributed by atoms with Crippen molar-refractivity contribution in [3.8, 4) is 0 Å². The quantitative estimate of drug-likeness (QED) is 0.261. The summed E-state index contributed by atoms with van der Waals surface area (Å²) in [5.41, 5.74) is 4.68. The lowest BCUT2D eigenvalue weighted by Crippen LogP contribution is -2.32. The minimum atomic E-state index is -1.02. The van der Waals surface area contributed by atoms with E-state index in [1.54, 1.807) is 6.08 Å². The average molecular weight is 339 g/mol. The maximum atomic E-state index is 10.4. The van der Waals surface area contributed by atoms with E-state index in [4.69, 9.17) is 9.94 Å². The van der Waals surface area contributed by atoms with Crippen LogP contribution in [-0.2, 0) is 9.63 Å². The second-order valence-corrected chi connectivity index (χ2v) is 6.76. The molecule has 0 heterocycles. The first-order chi connectivity index (χ1) is 11.5. The Labute approximate surface area is 143 Å². The van der Waals surface area contributed by atoms with Crippen LogP contribution in [0.3, 0.4) is 0 Å². The van der Waals surface area contributed by atoms with Crippen LogP contribution in [-0.4, -0.2) is 40.1 Å². The van der Waals surface area contributed by atoms with Gasteiger partial charge in [-0.25, -0.2) is 4.79 Å². The summed E-state index contributed by atoms with van der Waals surface area (Å²) in [4.78, 5) is 15.3. The van der Waals surface area contributed by atoms with Crippen molar-refractivity contribution in [1.82, 2.24) is 5.48 Å². The minimum Gasteiger partial charge on any atom is -0.479 e. The molecular formula is C18H29NO5. The normalized spacial score (nSPS) is 27.2. The van der Waals surface area contributed by atoms with Crippen LogP contribution in [0.2, 0.25) is 0 Å². The van der Waals surface area contributed by atoms with Crippen LogP contribution in [0.5, 0.6) is 0 Å². The van der Waals surface area contributed by atoms with E-state index in [0.717, 1.165) is 37.0 Å². The number of unbranched alkanes of at least 4 members (excludes halogenated alkanes) is 3. The van der Waals surface area contributed by atoms with Crippen LogP contribution in [0.15, 0.2) is 23.4 Å². The molecule has 0 bridgehead atoms. The van der Waals surface area contributed by atoms with E-state index in [1.165, 1.54) is 12.8 Å². The van der Waals surface area contributed by atoms with Crippen LogP contribution in [0.25, 0.3) is 0 Å². The number of rotatable bonds is 11. The van der Waals surface area contributed by atoms with Gasteiger partial charge in [-0.3, -0.25) is 10.3 Å². The molecule has 1 saturated carbocycles. The highest BCUT2D eigenvalue weighted by Crippen LogP contribution is 2.48. The van der Waals surface area contributed by atoms with Crippen molar-refractivity contribution >= 4 is 5.97 Å². The fourth-order valence-electron chi connectivity index (χ4n) is 3.46. The van der Waals surface area contributed by atoms with E-state index < -0.39 is 24.8 Å². The number of fused-ring (bicyclic) bond motifs is 1. The summed E-state index contributed by atoms with van der Waals surface area (Å²) in [5.74, 6) is -0.893. The molecule has 0 radical (unpaired) electrons. The standard InChI is InChI=1S/C18H29NO5/c1-2-3-4-5-6-13(20)8-7-12-9-14-15(18(12)23)10-16(14)19-24-11-17(21)22/h7-8,12-13,15,18-20,23H,2-6,9-11H2,1H3,(H,21,22)/t12?,13?,15-,18?/m1/s1. The fraction of sp³-hybridized carbons (Fsp3) is 0.722. The lowest BCUT2D eigenvalue weighted by Gasteiger charge is -2.30. The van der Waals surface area contributed by atoms with Crippen LogP contribution in [0.4, 0.5) is 0 Å². The third kappa shape index (κ3) is 5.06. The molecule has 3 unspecified atom stereocenters. The van der Waals surface area contributed by atoms with Gasteiger partial charge in [0.05, 0.1) is 12.2 Å². The molecule has 0 saturated heterocycles. The Morgan fingerprint density at radius 3 is 2.88 bits per heavy atom. The third-order valence-corrected chi connectivity index (χ3v) is 4.89. The zero-order chi connectivity index (χ0) is 17.5. The number of hydroxylamine groups is 1. The average Bonchev–Trinajstić information content (AvgIpc) is 2.77. The SMILES string of the molecule is CCCCCCC(O)C=CC1CC2=C(NOCC(=O)O)C[C@H]2C1O. The van der Waals surface area contributed by atoms with Crippen LogP contribution < -0.4 is 5.48 Å². The molecule has 2 aliphatic carbocycles. The first-order valence-electron chi connectivity index (χ1n) is 8.88. The minimum absolute atomic E-state index is 0.00839. The van der Waals surface area contributed by atoms with Gasteiger partial charge in [0.25, 0.3) is 0 Å². The summed E-state index contributed by atoms with van der Waals surface area (Å²) in [6.45, 7) is 1.77. The molecule has 1 fully saturated rings. The van der Waals surface area contributed by atoms with Gasteiger partial charge in [0, 0.05) is 17.5 Å². The summed E-state index contributed by atoms with van der Waals surface area (Å²) in [5, 5.41) is 28.9. The number of carboxylic acids is 1. The number of allylic oxidation sites excluding steroid dienone is 1. The number of aliphatic hydroxyl groups excluding tert-OH is 2. The third-order valence-electron chi connectivity index (χ3n) is 4.89. The van der Waals surface area contributed by atoms with E-state index in [1.807, 2.05) is 6.08 Å². The van der Waals surface area contributed by atoms with Crippen molar-refractivity contribution in [2.75, 3.05) is 6.61 Å². The van der Waals surface area contributed by atoms with Crippen molar-refractivity contribution in [3.05, 3.63) is 23.4 Å². The maximum absolute atomic E-state index is 10.4. The van der Waals surface area contributed by atoms with Crippen molar-refractivity contribution in [2.45, 2.75) is 64.1 Å². The van der Waals surface area contributed by atoms with Crippen molar-refractivity contribution in [3.63, 3.8) is 0 Å². The second-order valence-electron chi connectivity index (χ2n) is 6.76. The summed E-state index contributed by atoms with van der Waals surface area (Å²) in [6.07, 6.45) is 9.58. The van der Waals surface area contributed by atoms with E-state index in [-0.39, 0.29) is 11.8 Å². The molecule has 0 spiro atoms. The summed E-state index contributed by atoms with van der Waals surface area (Å²) < 4.78 is 0. The number of carboxylic acid groups (broad SMARTS) is 1. The molecule has 2 rings (SSSR count). The second kappa shape index (κ2) is 9.20. The number of hydrogen-bond acceptors (Lipinski definition) is 5. The first kappa shape index (κ1) is 19.0. The fourth-order valence-corrected chi connectivity index (χ4v) is 3.46. The number of aliphatic hydroxyl groups is 2. The first-order valence-corrected chi connectivity index (χ1v) is 8.88. The highest BCUT2D eigenvalue weighted by atomic mass is 16.7. The topological polar surface area (TPSA) is 99.0 Å². The Kier molecular flexibility index (Phi) is 7.27. The highest BCUT2D eigenvalue weighted by Gasteiger charge is 2.45. The monoisotopic (exact) mass is 339 g/mol. The molecule has 0 aromatic heterocycles. The van der Waals surface area contributed by atoms with Gasteiger partial charge in [0.15, 0.2) is 6.61 Å². The van der Waals surface area contributed by atoms with E-state index >= 15 is 0 Å². The molecule has 24 heavy (non-hydrogen) atoms. The van der Waals surface area contributed by atoms with Gasteiger partial charge in [-0.15, -0.1) is 0 Å². The van der Waals surface area contributed by atoms with Crippen molar-refractivity contribution < 1.29 is 25.0 Å². The number of carbonyl (C=O) groups is 1. The molecule has 2 aliphatic rings. The van der Waals surface area contributed by atoms with Crippen LogP contribution >= 0.6 is 0 Å². The lowest BCUT2D eigenvalue weighted by atomic mass is 9.83. The van der Waals surface area contributed by atoms with Gasteiger partial charge in [0.1, 0.15) is 0 Å². The van der Waals surface area contributed by atoms with Crippen molar-refractivity contribution in [2.24, 2.45) is 11.8 Å². The van der Waals surface area contributed by atoms with Gasteiger partial charge < -0.3 is 15.3 Å². The molecule has 4 N–H and O–H groups in total. The molecule has 0 aromatic carbocycles. The Bertz CT molecular complexity index is 488. The predicted molar refractivity (Wildman–Crippen MR) is 89.9 cm³/mol. The molecule has 136 valence electrons. The molecule has 0 aromatic rings. The van der Waals surface area contributed by atoms with Crippen LogP contribution in [0, 0.1) is 11.8 Å². The summed E-state index contributed by atoms with van der Waals surface area (Å²) in [7, 11) is 0. The van der Waals surface area contributed by atoms with Gasteiger partial charge in [-0.05, 0) is 24.8 Å². The van der Waals surface area contributed by atoms with Crippen LogP contribution in [0.1, 0.15) is 51.9 Å². The van der Waals surface area contributed by atoms with E-state index in [2.05, 4.69) is 12.4 Å². The largest absolute Gasteiger partial charge is 0.479 e. The van der Waals surface area contributed by atoms with Crippen molar-refractivity contribution in [1.29, 1.82) is 0 Å². The number of nitrogens with one attached hydrogen (secondary N) is 1. The molecule has 0 amide bonds. The van der Waals surface area contributed by atoms with Gasteiger partial charge in [-0.1, -0.05) is 44.8 Å². The number of hydrogen-bond donors (Lipinski definition) is 4. The molecular weight excluding hydrogens is 310 g/mol. The Morgan fingerprint density at radius 2 is 2.17 bits per heavy atom. The van der Waals surface area contributed by atoms with E-state index in [9.17, 15) is 15.0 Å². The number of aliphatic carboxylic acids is 1. The van der Waals surface area contributed by atoms with E-state index in [0.29, 0.717) is 6.42 Å². The smallest absolute Gasteiger partial charge is 0.332 e. The van der Waals surface area contributed by atoms with Gasteiger partial charge in [0.2, 0.25) is 0 Å². The van der Waals surface area contributed by atoms with Gasteiger partial charge >= 0.3 is 5.97 Å². The Hall–Kier alpha value is -1.37. The molecule has 6 nitrogen and oxygen atoms in total. The zero-order valence-electron chi connectivity index (χ0n) is 14.3. The summed E-state index contributed by atoms with van der Waals surface area (Å²) >= 11 is 0. The summed E-state index contributed by atoms with van der Waals surface area (Å²) in [6, 6.07) is 0. The van der Waals surface area contributed by atoms with Gasteiger partial charge in [-0.2, -0.15) is 0 Å². The molecule has 4 atom stereocenters. The highest BCUT2D eigenvalue weighted by molar-refractivity contribution is 5.67. The lowest BCUT2D eigenvalue weighted by molar-refractivity contribution is -0.144. The zero-order valence-corrected chi connectivity index (χ0v) is 14.3. The Balaban J connectivity index is 1.76. The maximum Gasteiger partial charge on any atom is 0.332 e. The molecule has 0 aliphatic heterocycles. The Morgan fingerprint density at radius 1 is 1.38 bits per heavy atom.